The number of rotatable bonds is 2. The van der Waals surface area contributed by atoms with Gasteiger partial charge in [-0.15, -0.1) is 0 Å². The fourth-order valence-corrected chi connectivity index (χ4v) is 6.52. The van der Waals surface area contributed by atoms with Gasteiger partial charge in [0.15, 0.2) is 0 Å². The number of para-hydroxylation sites is 3. The quantitative estimate of drug-likeness (QED) is 0.227. The van der Waals surface area contributed by atoms with E-state index in [1.54, 1.807) is 0 Å². The van der Waals surface area contributed by atoms with Gasteiger partial charge in [0.25, 0.3) is 0 Å². The molecular formula is C37H23N3. The van der Waals surface area contributed by atoms with Crippen molar-refractivity contribution >= 4 is 65.2 Å². The van der Waals surface area contributed by atoms with E-state index >= 15 is 0 Å². The molecule has 9 aromatic rings. The third-order valence-electron chi connectivity index (χ3n) is 8.32. The average Bonchev–Trinajstić information content (AvgIpc) is 3.51. The molecule has 0 saturated heterocycles. The highest BCUT2D eigenvalue weighted by molar-refractivity contribution is 6.18. The van der Waals surface area contributed by atoms with Crippen LogP contribution in [0.15, 0.2) is 140 Å². The van der Waals surface area contributed by atoms with Crippen molar-refractivity contribution in [3.8, 4) is 11.4 Å². The summed E-state index contributed by atoms with van der Waals surface area (Å²) in [5.41, 5.74) is 7.22. The van der Waals surface area contributed by atoms with Crippen molar-refractivity contribution in [2.75, 3.05) is 0 Å². The molecule has 0 spiro atoms. The zero-order chi connectivity index (χ0) is 26.2. The third kappa shape index (κ3) is 2.97. The molecule has 0 radical (unpaired) electrons. The summed E-state index contributed by atoms with van der Waals surface area (Å²) < 4.78 is 4.79. The van der Waals surface area contributed by atoms with E-state index in [1.165, 1.54) is 65.5 Å². The predicted molar refractivity (Wildman–Crippen MR) is 168 cm³/mol. The van der Waals surface area contributed by atoms with Crippen molar-refractivity contribution in [1.82, 2.24) is 14.1 Å². The van der Waals surface area contributed by atoms with Crippen molar-refractivity contribution in [2.24, 2.45) is 0 Å². The lowest BCUT2D eigenvalue weighted by Crippen LogP contribution is -1.94. The second kappa shape index (κ2) is 8.05. The van der Waals surface area contributed by atoms with E-state index in [-0.39, 0.29) is 0 Å². The van der Waals surface area contributed by atoms with Crippen LogP contribution in [0.4, 0.5) is 0 Å². The number of aromatic nitrogens is 3. The van der Waals surface area contributed by atoms with Crippen LogP contribution < -0.4 is 0 Å². The standard InChI is InChI=1S/C37H23N3/c1-2-8-28(9-3-1)39-34-12-6-4-10-30(34)32-19-27-22-37-33(20-26(27)21-36(32)39)31-11-5-7-13-35(31)40(37)29-15-14-25-23-38-17-16-24(25)18-29/h1-23H. The molecule has 40 heavy (non-hydrogen) atoms. The molecule has 6 aromatic carbocycles. The Bertz CT molecular complexity index is 2430. The van der Waals surface area contributed by atoms with Gasteiger partial charge >= 0.3 is 0 Å². The monoisotopic (exact) mass is 509 g/mol. The Morgan fingerprint density at radius 3 is 1.65 bits per heavy atom. The first-order valence-corrected chi connectivity index (χ1v) is 13.6. The Morgan fingerprint density at radius 1 is 0.375 bits per heavy atom. The molecule has 0 aliphatic rings. The summed E-state index contributed by atoms with van der Waals surface area (Å²) in [6.45, 7) is 0. The third-order valence-corrected chi connectivity index (χ3v) is 8.32. The van der Waals surface area contributed by atoms with Gasteiger partial charge in [0.05, 0.1) is 22.1 Å². The van der Waals surface area contributed by atoms with Gasteiger partial charge in [0.2, 0.25) is 0 Å². The minimum absolute atomic E-state index is 1.15. The normalized spacial score (nSPS) is 12.0. The van der Waals surface area contributed by atoms with Crippen molar-refractivity contribution in [1.29, 1.82) is 0 Å². The van der Waals surface area contributed by atoms with Crippen LogP contribution in [0.5, 0.6) is 0 Å². The molecule has 0 N–H and O–H groups in total. The molecule has 0 amide bonds. The molecular weight excluding hydrogens is 486 g/mol. The first-order chi connectivity index (χ1) is 19.8. The van der Waals surface area contributed by atoms with E-state index in [0.717, 1.165) is 11.1 Å². The van der Waals surface area contributed by atoms with Gasteiger partial charge in [0.1, 0.15) is 0 Å². The number of nitrogens with zero attached hydrogens (tertiary/aromatic N) is 3. The van der Waals surface area contributed by atoms with E-state index in [2.05, 4.69) is 142 Å². The summed E-state index contributed by atoms with van der Waals surface area (Å²) in [7, 11) is 0. The largest absolute Gasteiger partial charge is 0.309 e. The maximum absolute atomic E-state index is 4.30. The highest BCUT2D eigenvalue weighted by Gasteiger charge is 2.17. The van der Waals surface area contributed by atoms with Gasteiger partial charge < -0.3 is 9.13 Å². The number of hydrogen-bond donors (Lipinski definition) is 0. The summed E-state index contributed by atoms with van der Waals surface area (Å²) in [6, 6.07) is 46.3. The number of fused-ring (bicyclic) bond motifs is 8. The fraction of sp³-hybridized carbons (Fsp3) is 0. The topological polar surface area (TPSA) is 22.8 Å². The maximum Gasteiger partial charge on any atom is 0.0547 e. The zero-order valence-corrected chi connectivity index (χ0v) is 21.6. The maximum atomic E-state index is 4.30. The molecule has 0 aliphatic carbocycles. The summed E-state index contributed by atoms with van der Waals surface area (Å²) in [5, 5.41) is 9.89. The average molecular weight is 510 g/mol. The van der Waals surface area contributed by atoms with E-state index in [9.17, 15) is 0 Å². The Hall–Kier alpha value is -5.41. The van der Waals surface area contributed by atoms with Gasteiger partial charge in [-0.1, -0.05) is 60.7 Å². The van der Waals surface area contributed by atoms with Crippen LogP contribution in [0.3, 0.4) is 0 Å². The van der Waals surface area contributed by atoms with Gasteiger partial charge in [0, 0.05) is 50.7 Å². The van der Waals surface area contributed by atoms with E-state index in [4.69, 9.17) is 0 Å². The van der Waals surface area contributed by atoms with Crippen LogP contribution in [0.25, 0.3) is 76.5 Å². The fourth-order valence-electron chi connectivity index (χ4n) is 6.52. The molecule has 186 valence electrons. The van der Waals surface area contributed by atoms with Crippen LogP contribution in [0.2, 0.25) is 0 Å². The molecule has 3 heteroatoms. The Kier molecular flexibility index (Phi) is 4.33. The van der Waals surface area contributed by atoms with Gasteiger partial charge in [-0.25, -0.2) is 0 Å². The molecule has 3 heterocycles. The molecule has 3 aromatic heterocycles. The molecule has 0 saturated carbocycles. The lowest BCUT2D eigenvalue weighted by molar-refractivity contribution is 1.18. The lowest BCUT2D eigenvalue weighted by Gasteiger charge is -2.10. The lowest BCUT2D eigenvalue weighted by atomic mass is 10.0. The smallest absolute Gasteiger partial charge is 0.0547 e. The van der Waals surface area contributed by atoms with Gasteiger partial charge in [-0.2, -0.15) is 0 Å². The predicted octanol–water partition coefficient (Wildman–Crippen LogP) is 9.58. The van der Waals surface area contributed by atoms with E-state index < -0.39 is 0 Å². The minimum atomic E-state index is 1.15. The Balaban J connectivity index is 1.40. The SMILES string of the molecule is c1ccc(-n2c3ccccc3c3cc4cc5c(cc4cc32)c2ccccc2n5-c2ccc3cnccc3c2)cc1. The number of pyridine rings is 1. The van der Waals surface area contributed by atoms with Crippen LogP contribution in [-0.4, -0.2) is 14.1 Å². The number of hydrogen-bond acceptors (Lipinski definition) is 1. The molecule has 0 unspecified atom stereocenters. The molecule has 0 fully saturated rings. The van der Waals surface area contributed by atoms with E-state index in [1.807, 2.05) is 12.4 Å². The Morgan fingerprint density at radius 2 is 0.975 bits per heavy atom. The van der Waals surface area contributed by atoms with Crippen LogP contribution >= 0.6 is 0 Å². The summed E-state index contributed by atoms with van der Waals surface area (Å²) >= 11 is 0. The zero-order valence-electron chi connectivity index (χ0n) is 21.6. The second-order valence-corrected chi connectivity index (χ2v) is 10.5. The first kappa shape index (κ1) is 21.5. The van der Waals surface area contributed by atoms with Crippen LogP contribution in [-0.2, 0) is 0 Å². The van der Waals surface area contributed by atoms with Crippen molar-refractivity contribution in [3.05, 3.63) is 140 Å². The summed E-state index contributed by atoms with van der Waals surface area (Å²) in [6.07, 6.45) is 3.79. The number of benzene rings is 6. The van der Waals surface area contributed by atoms with E-state index in [0.29, 0.717) is 0 Å². The summed E-state index contributed by atoms with van der Waals surface area (Å²) in [4.78, 5) is 4.30. The highest BCUT2D eigenvalue weighted by atomic mass is 15.0. The second-order valence-electron chi connectivity index (χ2n) is 10.5. The first-order valence-electron chi connectivity index (χ1n) is 13.6. The van der Waals surface area contributed by atoms with Crippen molar-refractivity contribution < 1.29 is 0 Å². The molecule has 0 atom stereocenters. The Labute approximate surface area is 230 Å². The van der Waals surface area contributed by atoms with Crippen molar-refractivity contribution in [2.45, 2.75) is 0 Å². The summed E-state index contributed by atoms with van der Waals surface area (Å²) in [5.74, 6) is 0. The molecule has 3 nitrogen and oxygen atoms in total. The molecule has 0 bridgehead atoms. The highest BCUT2D eigenvalue weighted by Crippen LogP contribution is 2.39. The minimum Gasteiger partial charge on any atom is -0.309 e. The molecule has 9 rings (SSSR count). The van der Waals surface area contributed by atoms with Crippen molar-refractivity contribution in [3.63, 3.8) is 0 Å². The molecule has 0 aliphatic heterocycles. The van der Waals surface area contributed by atoms with Gasteiger partial charge in [-0.05, 0) is 82.9 Å². The van der Waals surface area contributed by atoms with Crippen LogP contribution in [0.1, 0.15) is 0 Å². The van der Waals surface area contributed by atoms with Crippen LogP contribution in [0, 0.1) is 0 Å². The van der Waals surface area contributed by atoms with Gasteiger partial charge in [-0.3, -0.25) is 4.98 Å².